The largest absolute Gasteiger partial charge is 0.397 e. The van der Waals surface area contributed by atoms with Crippen molar-refractivity contribution in [2.75, 3.05) is 17.6 Å². The van der Waals surface area contributed by atoms with Crippen LogP contribution in [-0.2, 0) is 0 Å². The minimum absolute atomic E-state index is 0.762. The normalized spacial score (nSPS) is 15.5. The minimum Gasteiger partial charge on any atom is -0.397 e. The van der Waals surface area contributed by atoms with Crippen molar-refractivity contribution in [2.24, 2.45) is 5.92 Å². The molecule has 1 saturated carbocycles. The maximum Gasteiger partial charge on any atom is 0.126 e. The van der Waals surface area contributed by atoms with Gasteiger partial charge in [0.15, 0.2) is 0 Å². The van der Waals surface area contributed by atoms with Crippen molar-refractivity contribution in [3.8, 4) is 0 Å². The van der Waals surface area contributed by atoms with Crippen molar-refractivity contribution < 1.29 is 0 Å². The van der Waals surface area contributed by atoms with Gasteiger partial charge in [0.05, 0.1) is 11.4 Å². The van der Waals surface area contributed by atoms with Crippen LogP contribution >= 0.6 is 0 Å². The van der Waals surface area contributed by atoms with Gasteiger partial charge in [-0.2, -0.15) is 0 Å². The number of aromatic nitrogens is 1. The third-order valence-electron chi connectivity index (χ3n) is 2.68. The Morgan fingerprint density at radius 1 is 1.50 bits per heavy atom. The number of anilines is 2. The Kier molecular flexibility index (Phi) is 2.57. The van der Waals surface area contributed by atoms with E-state index in [2.05, 4.69) is 10.3 Å². The zero-order valence-electron chi connectivity index (χ0n) is 8.59. The fourth-order valence-electron chi connectivity index (χ4n) is 1.48. The van der Waals surface area contributed by atoms with Gasteiger partial charge in [0.1, 0.15) is 5.82 Å². The van der Waals surface area contributed by atoms with E-state index in [1.807, 2.05) is 19.1 Å². The second-order valence-electron chi connectivity index (χ2n) is 4.03. The van der Waals surface area contributed by atoms with Crippen LogP contribution in [0, 0.1) is 12.8 Å². The maximum absolute atomic E-state index is 5.69. The highest BCUT2D eigenvalue weighted by molar-refractivity contribution is 5.48. The average Bonchev–Trinajstić information content (AvgIpc) is 2.95. The summed E-state index contributed by atoms with van der Waals surface area (Å²) in [6.07, 6.45) is 4.09. The standard InChI is InChI=1S/C11H17N3/c1-8-10(12)4-5-11(14-8)13-7-6-9-2-3-9/h4-5,9H,2-3,6-7,12H2,1H3,(H,13,14). The SMILES string of the molecule is Cc1nc(NCCC2CC2)ccc1N. The molecule has 1 aromatic rings. The summed E-state index contributed by atoms with van der Waals surface area (Å²) in [4.78, 5) is 4.35. The molecule has 0 aromatic carbocycles. The van der Waals surface area contributed by atoms with Crippen molar-refractivity contribution in [3.63, 3.8) is 0 Å². The van der Waals surface area contributed by atoms with E-state index < -0.39 is 0 Å². The molecule has 2 rings (SSSR count). The van der Waals surface area contributed by atoms with Gasteiger partial charge in [-0.3, -0.25) is 0 Å². The van der Waals surface area contributed by atoms with E-state index in [1.54, 1.807) is 0 Å². The van der Waals surface area contributed by atoms with E-state index in [0.717, 1.165) is 29.7 Å². The number of nitrogen functional groups attached to an aromatic ring is 1. The predicted octanol–water partition coefficient (Wildman–Crippen LogP) is 2.18. The van der Waals surface area contributed by atoms with E-state index in [0.29, 0.717) is 0 Å². The van der Waals surface area contributed by atoms with Crippen LogP contribution in [0.3, 0.4) is 0 Å². The van der Waals surface area contributed by atoms with Crippen LogP contribution in [0.2, 0.25) is 0 Å². The molecule has 1 aliphatic carbocycles. The lowest BCUT2D eigenvalue weighted by atomic mass is 10.3. The lowest BCUT2D eigenvalue weighted by Crippen LogP contribution is -2.05. The quantitative estimate of drug-likeness (QED) is 0.767. The van der Waals surface area contributed by atoms with Crippen LogP contribution < -0.4 is 11.1 Å². The lowest BCUT2D eigenvalue weighted by molar-refractivity contribution is 0.758. The number of nitrogens with zero attached hydrogens (tertiary/aromatic N) is 1. The lowest BCUT2D eigenvalue weighted by Gasteiger charge is -2.06. The smallest absolute Gasteiger partial charge is 0.126 e. The highest BCUT2D eigenvalue weighted by Gasteiger charge is 2.20. The third-order valence-corrected chi connectivity index (χ3v) is 2.68. The topological polar surface area (TPSA) is 50.9 Å². The number of nitrogens with one attached hydrogen (secondary N) is 1. The van der Waals surface area contributed by atoms with Gasteiger partial charge >= 0.3 is 0 Å². The number of rotatable bonds is 4. The molecule has 0 atom stereocenters. The molecule has 76 valence electrons. The molecular weight excluding hydrogens is 174 g/mol. The molecule has 1 fully saturated rings. The van der Waals surface area contributed by atoms with Crippen molar-refractivity contribution in [3.05, 3.63) is 17.8 Å². The van der Waals surface area contributed by atoms with Gasteiger partial charge in [0, 0.05) is 6.54 Å². The summed E-state index contributed by atoms with van der Waals surface area (Å²) in [5, 5.41) is 3.32. The predicted molar refractivity (Wildman–Crippen MR) is 59.2 cm³/mol. The van der Waals surface area contributed by atoms with E-state index in [4.69, 9.17) is 5.73 Å². The Morgan fingerprint density at radius 2 is 2.29 bits per heavy atom. The minimum atomic E-state index is 0.762. The molecule has 3 heteroatoms. The van der Waals surface area contributed by atoms with E-state index in [9.17, 15) is 0 Å². The number of pyridine rings is 1. The summed E-state index contributed by atoms with van der Waals surface area (Å²) in [6.45, 7) is 2.96. The molecule has 3 nitrogen and oxygen atoms in total. The first kappa shape index (κ1) is 9.31. The first-order valence-corrected chi connectivity index (χ1v) is 5.22. The third kappa shape index (κ3) is 2.37. The molecule has 0 bridgehead atoms. The average molecular weight is 191 g/mol. The van der Waals surface area contributed by atoms with Crippen LogP contribution in [0.1, 0.15) is 25.0 Å². The van der Waals surface area contributed by atoms with Crippen molar-refractivity contribution in [1.29, 1.82) is 0 Å². The van der Waals surface area contributed by atoms with Crippen molar-refractivity contribution >= 4 is 11.5 Å². The van der Waals surface area contributed by atoms with Gasteiger partial charge < -0.3 is 11.1 Å². The molecule has 0 aliphatic heterocycles. The Labute approximate surface area is 84.7 Å². The van der Waals surface area contributed by atoms with Crippen LogP contribution in [0.5, 0.6) is 0 Å². The molecular formula is C11H17N3. The van der Waals surface area contributed by atoms with Gasteiger partial charge in [-0.05, 0) is 31.4 Å². The Bertz CT molecular complexity index is 318. The maximum atomic E-state index is 5.69. The molecule has 0 unspecified atom stereocenters. The first-order valence-electron chi connectivity index (χ1n) is 5.22. The molecule has 1 aliphatic rings. The summed E-state index contributed by atoms with van der Waals surface area (Å²) in [5.74, 6) is 1.91. The molecule has 14 heavy (non-hydrogen) atoms. The monoisotopic (exact) mass is 191 g/mol. The first-order chi connectivity index (χ1) is 6.75. The summed E-state index contributed by atoms with van der Waals surface area (Å²) in [7, 11) is 0. The van der Waals surface area contributed by atoms with Crippen LogP contribution in [0.4, 0.5) is 11.5 Å². The molecule has 0 saturated heterocycles. The zero-order chi connectivity index (χ0) is 9.97. The van der Waals surface area contributed by atoms with Gasteiger partial charge in [0.25, 0.3) is 0 Å². The highest BCUT2D eigenvalue weighted by atomic mass is 15.0. The number of hydrogen-bond acceptors (Lipinski definition) is 3. The van der Waals surface area contributed by atoms with Gasteiger partial charge in [0.2, 0.25) is 0 Å². The molecule has 0 spiro atoms. The van der Waals surface area contributed by atoms with Gasteiger partial charge in [-0.1, -0.05) is 12.8 Å². The molecule has 0 radical (unpaired) electrons. The van der Waals surface area contributed by atoms with E-state index >= 15 is 0 Å². The Balaban J connectivity index is 1.85. The summed E-state index contributed by atoms with van der Waals surface area (Å²) >= 11 is 0. The fraction of sp³-hybridized carbons (Fsp3) is 0.545. The van der Waals surface area contributed by atoms with Crippen molar-refractivity contribution in [1.82, 2.24) is 4.98 Å². The van der Waals surface area contributed by atoms with Gasteiger partial charge in [-0.25, -0.2) is 4.98 Å². The van der Waals surface area contributed by atoms with Gasteiger partial charge in [-0.15, -0.1) is 0 Å². The van der Waals surface area contributed by atoms with Crippen molar-refractivity contribution in [2.45, 2.75) is 26.2 Å². The second-order valence-corrected chi connectivity index (χ2v) is 4.03. The number of aryl methyl sites for hydroxylation is 1. The summed E-state index contributed by atoms with van der Waals surface area (Å²) in [6, 6.07) is 3.84. The number of hydrogen-bond donors (Lipinski definition) is 2. The summed E-state index contributed by atoms with van der Waals surface area (Å²) in [5.41, 5.74) is 7.35. The molecule has 0 amide bonds. The van der Waals surface area contributed by atoms with Crippen LogP contribution in [0.15, 0.2) is 12.1 Å². The Hall–Kier alpha value is -1.25. The molecule has 1 aromatic heterocycles. The number of nitrogens with two attached hydrogens (primary N) is 1. The second kappa shape index (κ2) is 3.86. The molecule has 1 heterocycles. The zero-order valence-corrected chi connectivity index (χ0v) is 8.59. The fourth-order valence-corrected chi connectivity index (χ4v) is 1.48. The van der Waals surface area contributed by atoms with Crippen LogP contribution in [-0.4, -0.2) is 11.5 Å². The van der Waals surface area contributed by atoms with E-state index in [1.165, 1.54) is 19.3 Å². The molecule has 3 N–H and O–H groups in total. The Morgan fingerprint density at radius 3 is 2.93 bits per heavy atom. The highest BCUT2D eigenvalue weighted by Crippen LogP contribution is 2.32. The summed E-state index contributed by atoms with van der Waals surface area (Å²) < 4.78 is 0. The van der Waals surface area contributed by atoms with E-state index in [-0.39, 0.29) is 0 Å². The van der Waals surface area contributed by atoms with Crippen LogP contribution in [0.25, 0.3) is 0 Å².